The molecule has 1 amide bonds. The third-order valence-corrected chi connectivity index (χ3v) is 3.70. The molecule has 2 N–H and O–H groups in total. The third-order valence-electron chi connectivity index (χ3n) is 3.70. The first-order valence-electron chi connectivity index (χ1n) is 6.55. The van der Waals surface area contributed by atoms with E-state index in [-0.39, 0.29) is 17.9 Å². The van der Waals surface area contributed by atoms with Gasteiger partial charge in [0.25, 0.3) is 0 Å². The average molecular weight is 242 g/mol. The number of nitrogens with zero attached hydrogens (tertiary/aromatic N) is 1. The minimum Gasteiger partial charge on any atom is -0.385 e. The number of methoxy groups -OCH3 is 1. The number of hydrogen-bond donors (Lipinski definition) is 1. The van der Waals surface area contributed by atoms with Gasteiger partial charge >= 0.3 is 0 Å². The van der Waals surface area contributed by atoms with Gasteiger partial charge in [0.05, 0.1) is 5.92 Å². The van der Waals surface area contributed by atoms with Crippen molar-refractivity contribution >= 4 is 5.91 Å². The van der Waals surface area contributed by atoms with E-state index < -0.39 is 0 Å². The molecule has 1 rings (SSSR count). The summed E-state index contributed by atoms with van der Waals surface area (Å²) < 4.78 is 4.99. The molecule has 3 atom stereocenters. The summed E-state index contributed by atoms with van der Waals surface area (Å²) in [6.07, 6.45) is 3.95. The van der Waals surface area contributed by atoms with E-state index in [1.807, 2.05) is 11.9 Å². The van der Waals surface area contributed by atoms with Gasteiger partial charge in [0, 0.05) is 33.4 Å². The van der Waals surface area contributed by atoms with Crippen molar-refractivity contribution in [2.45, 2.75) is 38.6 Å². The van der Waals surface area contributed by atoms with Crippen molar-refractivity contribution < 1.29 is 9.53 Å². The molecular weight excluding hydrogens is 216 g/mol. The summed E-state index contributed by atoms with van der Waals surface area (Å²) in [5, 5.41) is 0. The van der Waals surface area contributed by atoms with E-state index in [9.17, 15) is 4.79 Å². The molecule has 0 spiro atoms. The van der Waals surface area contributed by atoms with E-state index in [1.165, 1.54) is 0 Å². The maximum absolute atomic E-state index is 12.3. The number of rotatable bonds is 5. The van der Waals surface area contributed by atoms with Gasteiger partial charge in [-0.1, -0.05) is 6.92 Å². The Morgan fingerprint density at radius 1 is 1.47 bits per heavy atom. The maximum Gasteiger partial charge on any atom is 0.226 e. The van der Waals surface area contributed by atoms with Crippen molar-refractivity contribution in [3.05, 3.63) is 0 Å². The number of amides is 1. The van der Waals surface area contributed by atoms with Gasteiger partial charge in [-0.3, -0.25) is 4.79 Å². The SMILES string of the molecule is COCCCN(C)C(=O)C1CC(C)CCC1N. The van der Waals surface area contributed by atoms with Crippen molar-refractivity contribution in [2.24, 2.45) is 17.6 Å². The fourth-order valence-corrected chi connectivity index (χ4v) is 2.53. The first-order chi connectivity index (χ1) is 8.06. The topological polar surface area (TPSA) is 55.6 Å². The van der Waals surface area contributed by atoms with Crippen LogP contribution in [0.25, 0.3) is 0 Å². The molecule has 0 aromatic carbocycles. The summed E-state index contributed by atoms with van der Waals surface area (Å²) >= 11 is 0. The summed E-state index contributed by atoms with van der Waals surface area (Å²) in [5.41, 5.74) is 6.06. The normalized spacial score (nSPS) is 29.1. The zero-order valence-corrected chi connectivity index (χ0v) is 11.3. The highest BCUT2D eigenvalue weighted by atomic mass is 16.5. The molecule has 4 heteroatoms. The monoisotopic (exact) mass is 242 g/mol. The van der Waals surface area contributed by atoms with Gasteiger partial charge in [0.15, 0.2) is 0 Å². The summed E-state index contributed by atoms with van der Waals surface area (Å²) in [5.74, 6) is 0.850. The zero-order valence-electron chi connectivity index (χ0n) is 11.3. The Balaban J connectivity index is 2.43. The molecule has 4 nitrogen and oxygen atoms in total. The molecule has 0 radical (unpaired) electrons. The Morgan fingerprint density at radius 3 is 2.82 bits per heavy atom. The quantitative estimate of drug-likeness (QED) is 0.738. The minimum atomic E-state index is 0.0197. The van der Waals surface area contributed by atoms with Crippen LogP contribution in [0.3, 0.4) is 0 Å². The Bertz CT molecular complexity index is 246. The second kappa shape index (κ2) is 6.97. The van der Waals surface area contributed by atoms with Crippen LogP contribution in [0, 0.1) is 11.8 Å². The standard InChI is InChI=1S/C13H26N2O2/c1-10-5-6-12(14)11(9-10)13(16)15(2)7-4-8-17-3/h10-12H,4-9,14H2,1-3H3. The van der Waals surface area contributed by atoms with Crippen LogP contribution in [-0.4, -0.2) is 44.2 Å². The number of carbonyl (C=O) groups excluding carboxylic acids is 1. The van der Waals surface area contributed by atoms with Crippen LogP contribution >= 0.6 is 0 Å². The summed E-state index contributed by atoms with van der Waals surface area (Å²) in [7, 11) is 3.55. The smallest absolute Gasteiger partial charge is 0.226 e. The average Bonchev–Trinajstić information content (AvgIpc) is 2.31. The maximum atomic E-state index is 12.3. The van der Waals surface area contributed by atoms with Crippen LogP contribution in [0.1, 0.15) is 32.6 Å². The van der Waals surface area contributed by atoms with Crippen molar-refractivity contribution in [3.8, 4) is 0 Å². The number of hydrogen-bond acceptors (Lipinski definition) is 3. The van der Waals surface area contributed by atoms with Gasteiger partial charge < -0.3 is 15.4 Å². The van der Waals surface area contributed by atoms with E-state index in [1.54, 1.807) is 7.11 Å². The molecule has 0 aliphatic heterocycles. The van der Waals surface area contributed by atoms with Crippen LogP contribution in [0.4, 0.5) is 0 Å². The molecule has 1 saturated carbocycles. The first-order valence-corrected chi connectivity index (χ1v) is 6.55. The minimum absolute atomic E-state index is 0.0197. The van der Waals surface area contributed by atoms with Crippen LogP contribution in [-0.2, 0) is 9.53 Å². The largest absolute Gasteiger partial charge is 0.385 e. The van der Waals surface area contributed by atoms with Gasteiger partial charge in [-0.05, 0) is 31.6 Å². The van der Waals surface area contributed by atoms with Gasteiger partial charge in [-0.25, -0.2) is 0 Å². The number of carbonyl (C=O) groups is 1. The lowest BCUT2D eigenvalue weighted by atomic mass is 9.78. The number of ether oxygens (including phenoxy) is 1. The molecule has 17 heavy (non-hydrogen) atoms. The van der Waals surface area contributed by atoms with E-state index in [4.69, 9.17) is 10.5 Å². The lowest BCUT2D eigenvalue weighted by Crippen LogP contribution is -2.46. The highest BCUT2D eigenvalue weighted by molar-refractivity contribution is 5.79. The second-order valence-corrected chi connectivity index (χ2v) is 5.29. The zero-order chi connectivity index (χ0) is 12.8. The van der Waals surface area contributed by atoms with Crippen molar-refractivity contribution in [3.63, 3.8) is 0 Å². The predicted octanol–water partition coefficient (Wildman–Crippen LogP) is 1.24. The lowest BCUT2D eigenvalue weighted by molar-refractivity contribution is -0.136. The Labute approximate surface area is 104 Å². The molecule has 0 saturated heterocycles. The van der Waals surface area contributed by atoms with Gasteiger partial charge in [0.2, 0.25) is 5.91 Å². The summed E-state index contributed by atoms with van der Waals surface area (Å²) in [6, 6.07) is 0.0450. The Morgan fingerprint density at radius 2 is 2.18 bits per heavy atom. The Hall–Kier alpha value is -0.610. The fourth-order valence-electron chi connectivity index (χ4n) is 2.53. The molecule has 1 fully saturated rings. The van der Waals surface area contributed by atoms with Gasteiger partial charge in [0.1, 0.15) is 0 Å². The molecular formula is C13H26N2O2. The van der Waals surface area contributed by atoms with Crippen LogP contribution in [0.2, 0.25) is 0 Å². The predicted molar refractivity (Wildman–Crippen MR) is 68.6 cm³/mol. The molecule has 100 valence electrons. The third kappa shape index (κ3) is 4.28. The molecule has 1 aliphatic rings. The van der Waals surface area contributed by atoms with E-state index >= 15 is 0 Å². The molecule has 0 heterocycles. The lowest BCUT2D eigenvalue weighted by Gasteiger charge is -2.34. The molecule has 3 unspecified atom stereocenters. The highest BCUT2D eigenvalue weighted by Crippen LogP contribution is 2.29. The van der Waals surface area contributed by atoms with Crippen LogP contribution in [0.15, 0.2) is 0 Å². The van der Waals surface area contributed by atoms with Crippen molar-refractivity contribution in [1.29, 1.82) is 0 Å². The van der Waals surface area contributed by atoms with Crippen LogP contribution < -0.4 is 5.73 Å². The van der Waals surface area contributed by atoms with E-state index in [0.29, 0.717) is 12.5 Å². The summed E-state index contributed by atoms with van der Waals surface area (Å²) in [4.78, 5) is 14.1. The van der Waals surface area contributed by atoms with Crippen LogP contribution in [0.5, 0.6) is 0 Å². The molecule has 0 aromatic heterocycles. The highest BCUT2D eigenvalue weighted by Gasteiger charge is 2.32. The van der Waals surface area contributed by atoms with E-state index in [2.05, 4.69) is 6.92 Å². The van der Waals surface area contributed by atoms with E-state index in [0.717, 1.165) is 32.2 Å². The molecule has 0 bridgehead atoms. The van der Waals surface area contributed by atoms with Crippen molar-refractivity contribution in [2.75, 3.05) is 27.3 Å². The number of nitrogens with two attached hydrogens (primary N) is 1. The first kappa shape index (κ1) is 14.5. The van der Waals surface area contributed by atoms with Crippen molar-refractivity contribution in [1.82, 2.24) is 4.90 Å². The molecule has 0 aromatic rings. The Kier molecular flexibility index (Phi) is 5.92. The van der Waals surface area contributed by atoms with Gasteiger partial charge in [-0.2, -0.15) is 0 Å². The van der Waals surface area contributed by atoms with Gasteiger partial charge in [-0.15, -0.1) is 0 Å². The fraction of sp³-hybridized carbons (Fsp3) is 0.923. The molecule has 1 aliphatic carbocycles. The summed E-state index contributed by atoms with van der Waals surface area (Å²) in [6.45, 7) is 3.66. The second-order valence-electron chi connectivity index (χ2n) is 5.29.